The number of aromatic nitrogens is 1. The summed E-state index contributed by atoms with van der Waals surface area (Å²) in [4.78, 5) is 34.5. The van der Waals surface area contributed by atoms with Crippen molar-refractivity contribution in [1.82, 2.24) is 15.2 Å². The molecular weight excluding hydrogens is 528 g/mol. The van der Waals surface area contributed by atoms with Crippen LogP contribution in [0.4, 0.5) is 10.5 Å². The number of aryl methyl sites for hydroxylation is 2. The highest BCUT2D eigenvalue weighted by Crippen LogP contribution is 2.35. The average Bonchev–Trinajstić information content (AvgIpc) is 2.95. The van der Waals surface area contributed by atoms with Crippen molar-refractivity contribution in [3.63, 3.8) is 0 Å². The van der Waals surface area contributed by atoms with Crippen LogP contribution in [0.15, 0.2) is 36.4 Å². The number of allylic oxidation sites excluding steroid dienone is 2. The van der Waals surface area contributed by atoms with Crippen molar-refractivity contribution in [2.75, 3.05) is 18.6 Å². The first-order chi connectivity index (χ1) is 20.0. The molecule has 8 heteroatoms. The van der Waals surface area contributed by atoms with E-state index >= 15 is 0 Å². The van der Waals surface area contributed by atoms with Gasteiger partial charge in [-0.05, 0) is 115 Å². The van der Waals surface area contributed by atoms with E-state index in [1.807, 2.05) is 39.8 Å². The summed E-state index contributed by atoms with van der Waals surface area (Å²) in [6, 6.07) is 8.45. The standard InChI is InChI=1S/C34H48N4O4/c1-7-37(25-17-19-26(20-18-25)38(33(40)41)34(3,4)5)30-16-12-15-28-27(30)14-11-9-8-10-13-24-21-23(2)36-32(42-6)29(24)22-35-31(28)39/h9,11-12,15-16,21,25-26H,7-8,10,13-14,17-20,22H2,1-6H3,(H,35,39)(H,40,41)/b11-9+. The van der Waals surface area contributed by atoms with Gasteiger partial charge in [-0.25, -0.2) is 9.78 Å². The largest absolute Gasteiger partial charge is 0.481 e. The smallest absolute Gasteiger partial charge is 0.407 e. The molecule has 42 heavy (non-hydrogen) atoms. The molecule has 0 spiro atoms. The van der Waals surface area contributed by atoms with Gasteiger partial charge in [0.1, 0.15) is 0 Å². The molecule has 1 saturated carbocycles. The third kappa shape index (κ3) is 7.08. The predicted molar refractivity (Wildman–Crippen MR) is 168 cm³/mol. The number of carbonyl (C=O) groups is 2. The molecule has 1 aliphatic carbocycles. The van der Waals surface area contributed by atoms with Crippen molar-refractivity contribution >= 4 is 17.7 Å². The number of nitrogens with zero attached hydrogens (tertiary/aromatic N) is 3. The van der Waals surface area contributed by atoms with E-state index in [1.165, 1.54) is 5.56 Å². The first-order valence-electron chi connectivity index (χ1n) is 15.4. The summed E-state index contributed by atoms with van der Waals surface area (Å²) < 4.78 is 5.61. The van der Waals surface area contributed by atoms with Crippen LogP contribution in [0, 0.1) is 6.92 Å². The normalized spacial score (nSPS) is 20.5. The van der Waals surface area contributed by atoms with Gasteiger partial charge in [0.05, 0.1) is 7.11 Å². The molecule has 2 aromatic rings. The molecule has 4 rings (SSSR count). The molecule has 0 atom stereocenters. The number of carboxylic acid groups (broad SMARTS) is 1. The molecule has 2 heterocycles. The summed E-state index contributed by atoms with van der Waals surface area (Å²) in [5.74, 6) is 0.473. The van der Waals surface area contributed by atoms with Crippen molar-refractivity contribution in [2.45, 2.75) is 110 Å². The van der Waals surface area contributed by atoms with Gasteiger partial charge in [-0.3, -0.25) is 4.79 Å². The lowest BCUT2D eigenvalue weighted by Gasteiger charge is -2.45. The molecular formula is C34H48N4O4. The van der Waals surface area contributed by atoms with Crippen LogP contribution in [0.3, 0.4) is 0 Å². The SMILES string of the molecule is CCN(c1cccc2c1C/C=C/CCCc1cc(C)nc(OC)c1CNC2=O)C1CCC(N(C(=O)O)C(C)(C)C)CC1. The molecule has 0 unspecified atom stereocenters. The molecule has 2 amide bonds. The third-order valence-electron chi connectivity index (χ3n) is 8.68. The quantitative estimate of drug-likeness (QED) is 0.386. The van der Waals surface area contributed by atoms with Gasteiger partial charge >= 0.3 is 6.09 Å². The highest BCUT2D eigenvalue weighted by atomic mass is 16.5. The van der Waals surface area contributed by atoms with Crippen molar-refractivity contribution in [2.24, 2.45) is 0 Å². The van der Waals surface area contributed by atoms with E-state index in [2.05, 4.69) is 46.4 Å². The van der Waals surface area contributed by atoms with Gasteiger partial charge in [0.2, 0.25) is 5.88 Å². The second kappa shape index (κ2) is 13.6. The number of benzene rings is 1. The molecule has 2 aliphatic rings. The molecule has 1 aromatic heterocycles. The summed E-state index contributed by atoms with van der Waals surface area (Å²) in [5, 5.41) is 13.1. The Labute approximate surface area is 251 Å². The van der Waals surface area contributed by atoms with E-state index in [0.29, 0.717) is 24.4 Å². The summed E-state index contributed by atoms with van der Waals surface area (Å²) >= 11 is 0. The monoisotopic (exact) mass is 576 g/mol. The number of hydrogen-bond donors (Lipinski definition) is 2. The van der Waals surface area contributed by atoms with Gasteiger partial charge in [-0.15, -0.1) is 0 Å². The van der Waals surface area contributed by atoms with Crippen molar-refractivity contribution < 1.29 is 19.4 Å². The Bertz CT molecular complexity index is 1290. The number of ether oxygens (including phenoxy) is 1. The Hall–Kier alpha value is -3.55. The van der Waals surface area contributed by atoms with Crippen LogP contribution in [0.1, 0.15) is 99.0 Å². The maximum atomic E-state index is 13.7. The first kappa shape index (κ1) is 31.4. The average molecular weight is 577 g/mol. The van der Waals surface area contributed by atoms with Gasteiger partial charge < -0.3 is 25.0 Å². The van der Waals surface area contributed by atoms with E-state index < -0.39 is 11.6 Å². The number of methoxy groups -OCH3 is 1. The zero-order valence-electron chi connectivity index (χ0n) is 26.2. The fourth-order valence-electron chi connectivity index (χ4n) is 6.83. The number of fused-ring (bicyclic) bond motifs is 2. The topological polar surface area (TPSA) is 95.0 Å². The van der Waals surface area contributed by atoms with Gasteiger partial charge in [0.15, 0.2) is 0 Å². The lowest BCUT2D eigenvalue weighted by atomic mass is 9.86. The van der Waals surface area contributed by atoms with Crippen LogP contribution in [-0.2, 0) is 19.4 Å². The van der Waals surface area contributed by atoms with Crippen LogP contribution < -0.4 is 15.0 Å². The van der Waals surface area contributed by atoms with Gasteiger partial charge in [0, 0.05) is 53.2 Å². The highest BCUT2D eigenvalue weighted by Gasteiger charge is 2.37. The number of carbonyl (C=O) groups excluding carboxylic acids is 1. The van der Waals surface area contributed by atoms with E-state index in [4.69, 9.17) is 4.74 Å². The van der Waals surface area contributed by atoms with Crippen LogP contribution in [-0.4, -0.2) is 58.3 Å². The number of hydrogen-bond acceptors (Lipinski definition) is 5. The summed E-state index contributed by atoms with van der Waals surface area (Å²) in [6.07, 6.45) is 10.6. The van der Waals surface area contributed by atoms with Crippen LogP contribution >= 0.6 is 0 Å². The minimum Gasteiger partial charge on any atom is -0.481 e. The zero-order chi connectivity index (χ0) is 30.4. The Kier molecular flexibility index (Phi) is 10.2. The third-order valence-corrected chi connectivity index (χ3v) is 8.68. The summed E-state index contributed by atoms with van der Waals surface area (Å²) in [6.45, 7) is 11.2. The lowest BCUT2D eigenvalue weighted by Crippen LogP contribution is -2.53. The number of pyridine rings is 1. The molecule has 0 bridgehead atoms. The summed E-state index contributed by atoms with van der Waals surface area (Å²) in [5.41, 5.74) is 5.40. The zero-order valence-corrected chi connectivity index (χ0v) is 26.2. The molecule has 1 fully saturated rings. The minimum absolute atomic E-state index is 0.0181. The predicted octanol–water partition coefficient (Wildman–Crippen LogP) is 6.68. The second-order valence-electron chi connectivity index (χ2n) is 12.5. The molecule has 0 radical (unpaired) electrons. The molecule has 228 valence electrons. The fraction of sp³-hybridized carbons (Fsp3) is 0.559. The van der Waals surface area contributed by atoms with Crippen molar-refractivity contribution in [3.05, 3.63) is 64.4 Å². The van der Waals surface area contributed by atoms with Crippen LogP contribution in [0.5, 0.6) is 5.88 Å². The highest BCUT2D eigenvalue weighted by molar-refractivity contribution is 5.97. The van der Waals surface area contributed by atoms with Crippen LogP contribution in [0.25, 0.3) is 0 Å². The molecule has 8 nitrogen and oxygen atoms in total. The van der Waals surface area contributed by atoms with E-state index in [9.17, 15) is 14.7 Å². The minimum atomic E-state index is -0.846. The molecule has 0 saturated heterocycles. The Morgan fingerprint density at radius 2 is 1.83 bits per heavy atom. The maximum Gasteiger partial charge on any atom is 0.407 e. The summed E-state index contributed by atoms with van der Waals surface area (Å²) in [7, 11) is 1.63. The van der Waals surface area contributed by atoms with Gasteiger partial charge in [-0.1, -0.05) is 18.2 Å². The number of anilines is 1. The van der Waals surface area contributed by atoms with Crippen molar-refractivity contribution in [1.29, 1.82) is 0 Å². The fourth-order valence-corrected chi connectivity index (χ4v) is 6.83. The first-order valence-corrected chi connectivity index (χ1v) is 15.4. The molecule has 1 aromatic carbocycles. The number of amides is 2. The van der Waals surface area contributed by atoms with Crippen LogP contribution in [0.2, 0.25) is 0 Å². The number of nitrogens with one attached hydrogen (secondary N) is 1. The molecule has 2 N–H and O–H groups in total. The Morgan fingerprint density at radius 1 is 1.12 bits per heavy atom. The number of rotatable bonds is 5. The van der Waals surface area contributed by atoms with Gasteiger partial charge in [0.25, 0.3) is 5.91 Å². The Morgan fingerprint density at radius 3 is 2.48 bits per heavy atom. The van der Waals surface area contributed by atoms with E-state index in [-0.39, 0.29) is 18.0 Å². The van der Waals surface area contributed by atoms with E-state index in [0.717, 1.165) is 74.0 Å². The Balaban J connectivity index is 1.62. The van der Waals surface area contributed by atoms with E-state index in [1.54, 1.807) is 12.0 Å². The lowest BCUT2D eigenvalue weighted by molar-refractivity contribution is 0.0545. The second-order valence-corrected chi connectivity index (χ2v) is 12.5. The van der Waals surface area contributed by atoms with Gasteiger partial charge in [-0.2, -0.15) is 0 Å². The maximum absolute atomic E-state index is 13.7. The molecule has 1 aliphatic heterocycles. The van der Waals surface area contributed by atoms with Crippen molar-refractivity contribution in [3.8, 4) is 5.88 Å².